The number of halogens is 1. The lowest BCUT2D eigenvalue weighted by Crippen LogP contribution is -2.31. The van der Waals surface area contributed by atoms with Crippen LogP contribution in [0.2, 0.25) is 5.15 Å². The van der Waals surface area contributed by atoms with Gasteiger partial charge in [-0.3, -0.25) is 4.90 Å². The zero-order chi connectivity index (χ0) is 15.2. The first kappa shape index (κ1) is 16.3. The van der Waals surface area contributed by atoms with E-state index in [-0.39, 0.29) is 0 Å². The highest BCUT2D eigenvalue weighted by molar-refractivity contribution is 6.30. The van der Waals surface area contributed by atoms with Crippen molar-refractivity contribution in [3.63, 3.8) is 0 Å². The number of hydrogen-bond acceptors (Lipinski definition) is 2. The molecule has 0 amide bonds. The lowest BCUT2D eigenvalue weighted by atomic mass is 10.1. The predicted octanol–water partition coefficient (Wildman–Crippen LogP) is 5.29. The molecule has 0 saturated heterocycles. The highest BCUT2D eigenvalue weighted by atomic mass is 35.5. The molecule has 2 rings (SSSR count). The Bertz CT molecular complexity index is 580. The average Bonchev–Trinajstić information content (AvgIpc) is 2.46. The van der Waals surface area contributed by atoms with Gasteiger partial charge in [0, 0.05) is 23.5 Å². The third-order valence-corrected chi connectivity index (χ3v) is 4.23. The molecule has 21 heavy (non-hydrogen) atoms. The van der Waals surface area contributed by atoms with Crippen LogP contribution in [0.1, 0.15) is 45.6 Å². The Labute approximate surface area is 133 Å². The van der Waals surface area contributed by atoms with E-state index in [9.17, 15) is 0 Å². The van der Waals surface area contributed by atoms with Crippen molar-refractivity contribution >= 4 is 22.5 Å². The molecule has 0 bridgehead atoms. The zero-order valence-corrected chi connectivity index (χ0v) is 14.0. The van der Waals surface area contributed by atoms with Crippen molar-refractivity contribution in [2.45, 2.75) is 52.6 Å². The monoisotopic (exact) mass is 304 g/mol. The Morgan fingerprint density at radius 2 is 1.95 bits per heavy atom. The smallest absolute Gasteiger partial charge is 0.134 e. The summed E-state index contributed by atoms with van der Waals surface area (Å²) in [6, 6.07) is 10.8. The first-order valence-electron chi connectivity index (χ1n) is 7.90. The number of aromatic nitrogens is 1. The van der Waals surface area contributed by atoms with Gasteiger partial charge in [-0.15, -0.1) is 0 Å². The van der Waals surface area contributed by atoms with Crippen LogP contribution in [0.15, 0.2) is 30.3 Å². The highest BCUT2D eigenvalue weighted by Gasteiger charge is 2.13. The fraction of sp³-hybridized carbons (Fsp3) is 0.500. The van der Waals surface area contributed by atoms with Crippen LogP contribution in [0.4, 0.5) is 0 Å². The van der Waals surface area contributed by atoms with Gasteiger partial charge in [-0.2, -0.15) is 0 Å². The first-order valence-corrected chi connectivity index (χ1v) is 8.27. The van der Waals surface area contributed by atoms with E-state index < -0.39 is 0 Å². The summed E-state index contributed by atoms with van der Waals surface area (Å²) in [4.78, 5) is 7.00. The minimum atomic E-state index is 0.518. The summed E-state index contributed by atoms with van der Waals surface area (Å²) in [5.41, 5.74) is 2.09. The Morgan fingerprint density at radius 1 is 1.19 bits per heavy atom. The first-order chi connectivity index (χ1) is 10.1. The maximum absolute atomic E-state index is 6.38. The number of para-hydroxylation sites is 1. The second kappa shape index (κ2) is 7.77. The molecular formula is C18H25ClN2. The van der Waals surface area contributed by atoms with Crippen molar-refractivity contribution in [1.82, 2.24) is 9.88 Å². The number of hydrogen-bond donors (Lipinski definition) is 0. The van der Waals surface area contributed by atoms with E-state index in [0.717, 1.165) is 29.6 Å². The molecule has 114 valence electrons. The SMILES string of the molecule is CCCCCN(Cc1cc2ccccc2nc1Cl)C(C)C. The molecule has 2 aromatic rings. The van der Waals surface area contributed by atoms with E-state index in [1.54, 1.807) is 0 Å². The van der Waals surface area contributed by atoms with E-state index in [1.807, 2.05) is 18.2 Å². The summed E-state index contributed by atoms with van der Waals surface area (Å²) in [7, 11) is 0. The summed E-state index contributed by atoms with van der Waals surface area (Å²) in [6.07, 6.45) is 3.78. The molecule has 1 heterocycles. The molecule has 0 radical (unpaired) electrons. The van der Waals surface area contributed by atoms with E-state index in [2.05, 4.69) is 42.8 Å². The van der Waals surface area contributed by atoms with Gasteiger partial charge in [0.25, 0.3) is 0 Å². The topological polar surface area (TPSA) is 16.1 Å². The Kier molecular flexibility index (Phi) is 6.01. The van der Waals surface area contributed by atoms with Gasteiger partial charge in [0.2, 0.25) is 0 Å². The van der Waals surface area contributed by atoms with Gasteiger partial charge in [0.05, 0.1) is 5.52 Å². The van der Waals surface area contributed by atoms with Crippen LogP contribution in [0.25, 0.3) is 10.9 Å². The third kappa shape index (κ3) is 4.42. The fourth-order valence-corrected chi connectivity index (χ4v) is 2.76. The van der Waals surface area contributed by atoms with E-state index in [1.165, 1.54) is 19.3 Å². The van der Waals surface area contributed by atoms with E-state index in [0.29, 0.717) is 11.2 Å². The fourth-order valence-electron chi connectivity index (χ4n) is 2.55. The molecule has 1 aromatic carbocycles. The second-order valence-electron chi connectivity index (χ2n) is 5.90. The van der Waals surface area contributed by atoms with Gasteiger partial charge in [0.1, 0.15) is 5.15 Å². The van der Waals surface area contributed by atoms with E-state index in [4.69, 9.17) is 11.6 Å². The normalized spacial score (nSPS) is 11.7. The van der Waals surface area contributed by atoms with Gasteiger partial charge < -0.3 is 0 Å². The van der Waals surface area contributed by atoms with Crippen LogP contribution in [-0.4, -0.2) is 22.5 Å². The summed E-state index contributed by atoms with van der Waals surface area (Å²) >= 11 is 6.38. The van der Waals surface area contributed by atoms with Gasteiger partial charge in [0.15, 0.2) is 0 Å². The molecule has 3 heteroatoms. The quantitative estimate of drug-likeness (QED) is 0.510. The maximum atomic E-state index is 6.38. The number of rotatable bonds is 7. The van der Waals surface area contributed by atoms with E-state index >= 15 is 0 Å². The molecule has 0 saturated carbocycles. The molecule has 0 aliphatic heterocycles. The number of benzene rings is 1. The van der Waals surface area contributed by atoms with Gasteiger partial charge in [-0.1, -0.05) is 49.6 Å². The highest BCUT2D eigenvalue weighted by Crippen LogP contribution is 2.22. The number of nitrogens with zero attached hydrogens (tertiary/aromatic N) is 2. The molecule has 0 spiro atoms. The lowest BCUT2D eigenvalue weighted by molar-refractivity contribution is 0.208. The molecule has 1 aromatic heterocycles. The van der Waals surface area contributed by atoms with Crippen molar-refractivity contribution in [2.75, 3.05) is 6.54 Å². The molecule has 0 fully saturated rings. The van der Waals surface area contributed by atoms with Gasteiger partial charge in [-0.25, -0.2) is 4.98 Å². The standard InChI is InChI=1S/C18H25ClN2/c1-4-5-8-11-21(14(2)3)13-16-12-15-9-6-7-10-17(15)20-18(16)19/h6-7,9-10,12,14H,4-5,8,11,13H2,1-3H3. The lowest BCUT2D eigenvalue weighted by Gasteiger charge is -2.26. The molecule has 0 atom stereocenters. The van der Waals surface area contributed by atoms with Crippen LogP contribution >= 0.6 is 11.6 Å². The molecule has 0 aliphatic rings. The average molecular weight is 305 g/mol. The van der Waals surface area contributed by atoms with Crippen molar-refractivity contribution in [1.29, 1.82) is 0 Å². The predicted molar refractivity (Wildman–Crippen MR) is 91.8 cm³/mol. The van der Waals surface area contributed by atoms with Crippen LogP contribution in [0.5, 0.6) is 0 Å². The van der Waals surface area contributed by atoms with Gasteiger partial charge >= 0.3 is 0 Å². The molecule has 0 aliphatic carbocycles. The minimum Gasteiger partial charge on any atom is -0.297 e. The molecular weight excluding hydrogens is 280 g/mol. The van der Waals surface area contributed by atoms with Crippen molar-refractivity contribution in [3.8, 4) is 0 Å². The zero-order valence-electron chi connectivity index (χ0n) is 13.3. The minimum absolute atomic E-state index is 0.518. The summed E-state index contributed by atoms with van der Waals surface area (Å²) in [6.45, 7) is 8.72. The summed E-state index contributed by atoms with van der Waals surface area (Å²) in [5, 5.41) is 1.80. The summed E-state index contributed by atoms with van der Waals surface area (Å²) < 4.78 is 0. The van der Waals surface area contributed by atoms with Crippen LogP contribution in [0.3, 0.4) is 0 Å². The van der Waals surface area contributed by atoms with Crippen LogP contribution in [-0.2, 0) is 6.54 Å². The molecule has 0 N–H and O–H groups in total. The van der Waals surface area contributed by atoms with Crippen LogP contribution < -0.4 is 0 Å². The number of pyridine rings is 1. The van der Waals surface area contributed by atoms with Gasteiger partial charge in [-0.05, 0) is 38.9 Å². The van der Waals surface area contributed by atoms with Crippen LogP contribution in [0, 0.1) is 0 Å². The van der Waals surface area contributed by atoms with Crippen molar-refractivity contribution in [2.24, 2.45) is 0 Å². The molecule has 2 nitrogen and oxygen atoms in total. The third-order valence-electron chi connectivity index (χ3n) is 3.90. The Balaban J connectivity index is 2.17. The Morgan fingerprint density at radius 3 is 2.67 bits per heavy atom. The molecule has 0 unspecified atom stereocenters. The number of unbranched alkanes of at least 4 members (excludes halogenated alkanes) is 2. The Hall–Kier alpha value is -1.12. The number of fused-ring (bicyclic) bond motifs is 1. The second-order valence-corrected chi connectivity index (χ2v) is 6.26. The maximum Gasteiger partial charge on any atom is 0.134 e. The van der Waals surface area contributed by atoms with Crippen molar-refractivity contribution < 1.29 is 0 Å². The largest absolute Gasteiger partial charge is 0.297 e. The summed E-state index contributed by atoms with van der Waals surface area (Å²) in [5.74, 6) is 0. The van der Waals surface area contributed by atoms with Crippen molar-refractivity contribution in [3.05, 3.63) is 41.0 Å².